The van der Waals surface area contributed by atoms with Gasteiger partial charge >= 0.3 is 7.12 Å². The molecule has 4 aliphatic rings. The maximum Gasteiger partial charge on any atom is 0.488 e. The van der Waals surface area contributed by atoms with Gasteiger partial charge < -0.3 is 15.4 Å². The number of hydrogen-bond donors (Lipinski definition) is 3. The topological polar surface area (TPSA) is 86.6 Å². The summed E-state index contributed by atoms with van der Waals surface area (Å²) in [6.45, 7) is 2.19. The number of carbonyl (C=O) groups excluding carboxylic acids is 2. The number of nitrogens with one attached hydrogen (secondary N) is 1. The third kappa shape index (κ3) is 4.29. The minimum Gasteiger partial charge on any atom is -0.423 e. The summed E-state index contributed by atoms with van der Waals surface area (Å²) in [5, 5.41) is 22.4. The van der Waals surface area contributed by atoms with E-state index in [9.17, 15) is 19.6 Å². The predicted octanol–water partition coefficient (Wildman–Crippen LogP) is 3.25. The van der Waals surface area contributed by atoms with Gasteiger partial charge in [0.15, 0.2) is 0 Å². The summed E-state index contributed by atoms with van der Waals surface area (Å²) in [5.41, 5.74) is 2.89. The fourth-order valence-corrected chi connectivity index (χ4v) is 7.95. The minimum absolute atomic E-state index is 0.166. The Morgan fingerprint density at radius 2 is 1.94 bits per heavy atom. The molecule has 5 rings (SSSR count). The molecule has 0 bridgehead atoms. The first-order chi connectivity index (χ1) is 15.9. The Balaban J connectivity index is 1.30. The molecule has 1 amide bonds. The Bertz CT molecular complexity index is 911. The quantitative estimate of drug-likeness (QED) is 0.600. The van der Waals surface area contributed by atoms with Crippen LogP contribution < -0.4 is 10.8 Å². The number of hydrogen-bond acceptors (Lipinski definition) is 4. The second-order valence-corrected chi connectivity index (χ2v) is 11.5. The number of carbonyl (C=O) groups is 2. The van der Waals surface area contributed by atoms with Gasteiger partial charge in [-0.05, 0) is 85.2 Å². The van der Waals surface area contributed by atoms with Crippen molar-refractivity contribution in [1.29, 1.82) is 0 Å². The minimum atomic E-state index is -1.43. The van der Waals surface area contributed by atoms with Gasteiger partial charge in [-0.1, -0.05) is 44.4 Å². The molecular weight excluding hydrogens is 413 g/mol. The third-order valence-corrected chi connectivity index (χ3v) is 9.61. The van der Waals surface area contributed by atoms with Crippen molar-refractivity contribution in [3.05, 3.63) is 29.3 Å². The van der Waals surface area contributed by atoms with E-state index in [0.717, 1.165) is 44.9 Å². The van der Waals surface area contributed by atoms with Crippen LogP contribution in [0, 0.1) is 23.2 Å². The van der Waals surface area contributed by atoms with E-state index < -0.39 is 7.12 Å². The molecule has 0 radical (unpaired) electrons. The van der Waals surface area contributed by atoms with Gasteiger partial charge in [0.25, 0.3) is 0 Å². The summed E-state index contributed by atoms with van der Waals surface area (Å²) in [6.07, 6.45) is 11.8. The highest BCUT2D eigenvalue weighted by Crippen LogP contribution is 2.62. The zero-order chi connectivity index (χ0) is 23.2. The second-order valence-electron chi connectivity index (χ2n) is 11.5. The average molecular weight is 451 g/mol. The van der Waals surface area contributed by atoms with Gasteiger partial charge in [-0.25, -0.2) is 0 Å². The molecule has 1 aromatic carbocycles. The number of aryl methyl sites for hydroxylation is 1. The first kappa shape index (κ1) is 23.1. The summed E-state index contributed by atoms with van der Waals surface area (Å²) in [5.74, 6) is 2.13. The van der Waals surface area contributed by atoms with Crippen molar-refractivity contribution < 1.29 is 19.6 Å². The number of benzene rings is 1. The molecule has 1 aromatic rings. The van der Waals surface area contributed by atoms with Crippen LogP contribution in [0.1, 0.15) is 94.6 Å². The average Bonchev–Trinajstić information content (AvgIpc) is 3.07. The second kappa shape index (κ2) is 9.18. The first-order valence-electron chi connectivity index (χ1n) is 13.2. The Morgan fingerprint density at radius 1 is 1.15 bits per heavy atom. The normalized spacial score (nSPS) is 33.7. The van der Waals surface area contributed by atoms with Crippen LogP contribution in [0.3, 0.4) is 0 Å². The van der Waals surface area contributed by atoms with Gasteiger partial charge in [-0.15, -0.1) is 0 Å². The molecule has 3 N–H and O–H groups in total. The van der Waals surface area contributed by atoms with E-state index >= 15 is 0 Å². The summed E-state index contributed by atoms with van der Waals surface area (Å²) in [6, 6.07) is 6.23. The van der Waals surface area contributed by atoms with Crippen molar-refractivity contribution in [3.8, 4) is 0 Å². The third-order valence-electron chi connectivity index (χ3n) is 9.61. The Kier molecular flexibility index (Phi) is 6.43. The maximum atomic E-state index is 13.2. The van der Waals surface area contributed by atoms with Crippen LogP contribution in [0.4, 0.5) is 0 Å². The first-order valence-corrected chi connectivity index (χ1v) is 13.2. The van der Waals surface area contributed by atoms with Crippen molar-refractivity contribution in [3.63, 3.8) is 0 Å². The highest BCUT2D eigenvalue weighted by molar-refractivity contribution is 6.58. The lowest BCUT2D eigenvalue weighted by Crippen LogP contribution is -2.44. The molecule has 0 saturated heterocycles. The Labute approximate surface area is 197 Å². The maximum absolute atomic E-state index is 13.2. The summed E-state index contributed by atoms with van der Waals surface area (Å²) in [4.78, 5) is 25.9. The van der Waals surface area contributed by atoms with Crippen LogP contribution in [0.25, 0.3) is 0 Å². The van der Waals surface area contributed by atoms with Crippen LogP contribution in [0.5, 0.6) is 0 Å². The van der Waals surface area contributed by atoms with E-state index in [2.05, 4.69) is 18.3 Å². The largest absolute Gasteiger partial charge is 0.488 e. The van der Waals surface area contributed by atoms with E-state index in [4.69, 9.17) is 0 Å². The Morgan fingerprint density at radius 3 is 2.70 bits per heavy atom. The van der Waals surface area contributed by atoms with E-state index in [1.54, 1.807) is 0 Å². The lowest BCUT2D eigenvalue weighted by Gasteiger charge is -2.50. The number of Topliss-reactive ketones (excluding diaryl/α,β-unsaturated/α-hetero) is 1. The van der Waals surface area contributed by atoms with Gasteiger partial charge in [0.1, 0.15) is 5.78 Å². The van der Waals surface area contributed by atoms with Crippen molar-refractivity contribution in [2.45, 2.75) is 95.9 Å². The van der Waals surface area contributed by atoms with Gasteiger partial charge in [0.05, 0.1) is 0 Å². The fraction of sp³-hybridized carbons (Fsp3) is 0.704. The number of ketones is 1. The monoisotopic (exact) mass is 451 g/mol. The molecule has 3 saturated carbocycles. The van der Waals surface area contributed by atoms with E-state index in [1.807, 2.05) is 12.1 Å². The van der Waals surface area contributed by atoms with Crippen LogP contribution in [-0.4, -0.2) is 34.9 Å². The van der Waals surface area contributed by atoms with Crippen LogP contribution in [0.15, 0.2) is 18.2 Å². The number of rotatable bonds is 5. The molecule has 4 aliphatic carbocycles. The van der Waals surface area contributed by atoms with Crippen molar-refractivity contribution >= 4 is 24.3 Å². The lowest BCUT2D eigenvalue weighted by molar-refractivity contribution is -0.129. The van der Waals surface area contributed by atoms with Gasteiger partial charge in [-0.3, -0.25) is 9.59 Å². The van der Waals surface area contributed by atoms with Crippen molar-refractivity contribution in [2.75, 3.05) is 0 Å². The highest BCUT2D eigenvalue weighted by Gasteiger charge is 2.58. The molecule has 0 heterocycles. The molecular formula is C27H38BNO4. The molecule has 3 fully saturated rings. The molecule has 3 unspecified atom stereocenters. The van der Waals surface area contributed by atoms with Gasteiger partial charge in [-0.2, -0.15) is 0 Å². The van der Waals surface area contributed by atoms with Crippen LogP contribution >= 0.6 is 0 Å². The zero-order valence-electron chi connectivity index (χ0n) is 19.9. The summed E-state index contributed by atoms with van der Waals surface area (Å²) in [7, 11) is -1.43. The summed E-state index contributed by atoms with van der Waals surface area (Å²) >= 11 is 0. The predicted molar refractivity (Wildman–Crippen MR) is 129 cm³/mol. The molecule has 0 spiro atoms. The number of amides is 1. The van der Waals surface area contributed by atoms with Crippen molar-refractivity contribution in [2.24, 2.45) is 23.2 Å². The van der Waals surface area contributed by atoms with E-state index in [0.29, 0.717) is 53.8 Å². The number of fused-ring (bicyclic) bond motifs is 5. The smallest absolute Gasteiger partial charge is 0.423 e. The fourth-order valence-electron chi connectivity index (χ4n) is 7.95. The molecule has 5 nitrogen and oxygen atoms in total. The highest BCUT2D eigenvalue weighted by atomic mass is 16.4. The molecule has 5 atom stereocenters. The molecule has 33 heavy (non-hydrogen) atoms. The zero-order valence-corrected chi connectivity index (χ0v) is 19.9. The van der Waals surface area contributed by atoms with Crippen molar-refractivity contribution in [1.82, 2.24) is 5.32 Å². The van der Waals surface area contributed by atoms with Crippen LogP contribution in [0.2, 0.25) is 0 Å². The van der Waals surface area contributed by atoms with E-state index in [1.165, 1.54) is 30.4 Å². The molecule has 178 valence electrons. The SMILES string of the molecule is C[C@]12CCC3c4ccc(B(O)O)cc4CCC3C1[C@H](CCC(=O)NC1CCCCC1)CC2=O. The summed E-state index contributed by atoms with van der Waals surface area (Å²) < 4.78 is 0. The van der Waals surface area contributed by atoms with Gasteiger partial charge in [0.2, 0.25) is 5.91 Å². The standard InChI is InChI=1S/C27H38BNO4/c1-27-14-13-22-21-11-9-19(28(32)33)15-17(21)7-10-23(22)26(27)18(16-24(27)30)8-12-25(31)29-20-5-3-2-4-6-20/h9,11,15,18,20,22-23,26,32-33H,2-8,10,12-14,16H2,1H3,(H,29,31)/t18-,22?,23?,26?,27-/m1/s1. The molecule has 0 aliphatic heterocycles. The molecule has 6 heteroatoms. The Hall–Kier alpha value is -1.66. The molecule has 0 aromatic heterocycles. The van der Waals surface area contributed by atoms with E-state index in [-0.39, 0.29) is 11.3 Å². The van der Waals surface area contributed by atoms with Gasteiger partial charge in [0, 0.05) is 24.3 Å². The van der Waals surface area contributed by atoms with Crippen LogP contribution in [-0.2, 0) is 16.0 Å². The lowest BCUT2D eigenvalue weighted by atomic mass is 9.53.